The summed E-state index contributed by atoms with van der Waals surface area (Å²) in [6, 6.07) is 85.4. The van der Waals surface area contributed by atoms with Crippen LogP contribution in [0.15, 0.2) is 255 Å². The summed E-state index contributed by atoms with van der Waals surface area (Å²) in [5, 5.41) is 63.9. The summed E-state index contributed by atoms with van der Waals surface area (Å²) in [5.41, 5.74) is 8.98. The Morgan fingerprint density at radius 3 is 0.908 bits per heavy atom. The second-order valence-corrected chi connectivity index (χ2v) is 19.8. The zero-order chi connectivity index (χ0) is 51.0. The van der Waals surface area contributed by atoms with Crippen LogP contribution in [0.5, 0.6) is 23.0 Å². The molecule has 0 heterocycles. The SMILES string of the molecule is Oc1c(-c2ccc3ccccc3c2)cc(-c2cccc3ccccc23)cc1-c1cc2ccccc2c(-c2c(O)c(-c3cc(-c4cccc5ccccc45)cc(-c4ccc5ccccc5c4)c3O)cc3ccccc23)c1O. The van der Waals surface area contributed by atoms with E-state index in [1.165, 1.54) is 0 Å². The van der Waals surface area contributed by atoms with Gasteiger partial charge in [-0.15, -0.1) is 0 Å². The highest BCUT2D eigenvalue weighted by Gasteiger charge is 2.27. The molecule has 0 aromatic heterocycles. The van der Waals surface area contributed by atoms with Crippen LogP contribution < -0.4 is 0 Å². The minimum absolute atomic E-state index is 0.00928. The van der Waals surface area contributed by atoms with Crippen molar-refractivity contribution in [2.45, 2.75) is 0 Å². The Balaban J connectivity index is 1.05. The molecule has 0 aliphatic carbocycles. The first-order valence-corrected chi connectivity index (χ1v) is 25.5. The number of rotatable bonds is 7. The molecule has 76 heavy (non-hydrogen) atoms. The highest BCUT2D eigenvalue weighted by atomic mass is 16.3. The predicted octanol–water partition coefficient (Wildman–Crippen LogP) is 19.1. The topological polar surface area (TPSA) is 80.9 Å². The van der Waals surface area contributed by atoms with E-state index in [1.54, 1.807) is 0 Å². The molecule has 0 unspecified atom stereocenters. The Morgan fingerprint density at radius 1 is 0.171 bits per heavy atom. The molecule has 4 nitrogen and oxygen atoms in total. The number of phenolic OH excluding ortho intramolecular Hbond substituents is 4. The largest absolute Gasteiger partial charge is 0.507 e. The lowest BCUT2D eigenvalue weighted by Crippen LogP contribution is -1.94. The standard InChI is InChI=1S/C72H46O4/c73-69-61(51-33-31-43-15-1-3-19-47(43)35-51)39-53(57-29-13-23-45-17-5-9-25-55(45)57)41-63(69)65-37-49-21-7-11-27-59(49)67(71(65)75)68-60-28-12-8-22-50(60)38-66(72(68)76)64-42-54(58-30-14-24-46-18-6-10-26-56(46)58)40-62(70(64)74)52-34-32-44-16-2-4-20-48(44)36-52/h1-42,73-76H. The van der Waals surface area contributed by atoms with Crippen LogP contribution in [-0.2, 0) is 0 Å². The highest BCUT2D eigenvalue weighted by Crippen LogP contribution is 2.56. The van der Waals surface area contributed by atoms with Gasteiger partial charge in [0.2, 0.25) is 0 Å². The van der Waals surface area contributed by atoms with Crippen LogP contribution in [0.25, 0.3) is 143 Å². The molecule has 0 spiro atoms. The van der Waals surface area contributed by atoms with Crippen molar-refractivity contribution in [3.8, 4) is 101 Å². The summed E-state index contributed by atoms with van der Waals surface area (Å²) in [5.74, 6) is -0.210. The van der Waals surface area contributed by atoms with Crippen LogP contribution in [0, 0.1) is 0 Å². The lowest BCUT2D eigenvalue weighted by molar-refractivity contribution is 0.467. The number of benzene rings is 14. The molecule has 0 bridgehead atoms. The van der Waals surface area contributed by atoms with Crippen molar-refractivity contribution >= 4 is 64.6 Å². The van der Waals surface area contributed by atoms with Gasteiger partial charge in [-0.3, -0.25) is 0 Å². The summed E-state index contributed by atoms with van der Waals surface area (Å²) in [7, 11) is 0. The van der Waals surface area contributed by atoms with Crippen LogP contribution in [0.3, 0.4) is 0 Å². The maximum atomic E-state index is 13.4. The van der Waals surface area contributed by atoms with Gasteiger partial charge in [0, 0.05) is 44.5 Å². The molecule has 0 fully saturated rings. The number of fused-ring (bicyclic) bond motifs is 6. The lowest BCUT2D eigenvalue weighted by atomic mass is 9.84. The summed E-state index contributed by atoms with van der Waals surface area (Å²) in [6.45, 7) is 0. The Morgan fingerprint density at radius 2 is 0.487 bits per heavy atom. The molecule has 4 N–H and O–H groups in total. The van der Waals surface area contributed by atoms with E-state index in [2.05, 4.69) is 97.1 Å². The third kappa shape index (κ3) is 7.30. The van der Waals surface area contributed by atoms with E-state index in [0.717, 1.165) is 87.2 Å². The van der Waals surface area contributed by atoms with Crippen molar-refractivity contribution in [3.05, 3.63) is 255 Å². The second kappa shape index (κ2) is 17.8. The molecular weight excluding hydrogens is 929 g/mol. The third-order valence-corrected chi connectivity index (χ3v) is 15.4. The molecule has 0 atom stereocenters. The van der Waals surface area contributed by atoms with Gasteiger partial charge in [0.1, 0.15) is 23.0 Å². The molecule has 0 saturated carbocycles. The fourth-order valence-corrected chi connectivity index (χ4v) is 11.7. The molecular formula is C72H46O4. The fourth-order valence-electron chi connectivity index (χ4n) is 11.7. The Hall–Kier alpha value is -10.2. The molecule has 4 heteroatoms. The van der Waals surface area contributed by atoms with Crippen LogP contribution >= 0.6 is 0 Å². The molecule has 0 aliphatic rings. The molecule has 14 rings (SSSR count). The van der Waals surface area contributed by atoms with Crippen molar-refractivity contribution in [2.24, 2.45) is 0 Å². The maximum Gasteiger partial charge on any atom is 0.132 e. The van der Waals surface area contributed by atoms with E-state index in [4.69, 9.17) is 0 Å². The number of aromatic hydroxyl groups is 4. The summed E-state index contributed by atoms with van der Waals surface area (Å²) >= 11 is 0. The van der Waals surface area contributed by atoms with Gasteiger partial charge in [-0.25, -0.2) is 0 Å². The lowest BCUT2D eigenvalue weighted by Gasteiger charge is -2.22. The molecule has 0 amide bonds. The molecule has 0 radical (unpaired) electrons. The van der Waals surface area contributed by atoms with Gasteiger partial charge < -0.3 is 20.4 Å². The van der Waals surface area contributed by atoms with Crippen molar-refractivity contribution in [2.75, 3.05) is 0 Å². The first kappa shape index (κ1) is 44.5. The first-order valence-electron chi connectivity index (χ1n) is 25.5. The second-order valence-electron chi connectivity index (χ2n) is 19.8. The molecule has 14 aromatic carbocycles. The van der Waals surface area contributed by atoms with E-state index in [1.807, 2.05) is 158 Å². The van der Waals surface area contributed by atoms with Crippen molar-refractivity contribution < 1.29 is 20.4 Å². The van der Waals surface area contributed by atoms with Crippen LogP contribution in [0.2, 0.25) is 0 Å². The van der Waals surface area contributed by atoms with Crippen molar-refractivity contribution in [3.63, 3.8) is 0 Å². The van der Waals surface area contributed by atoms with E-state index in [0.29, 0.717) is 55.3 Å². The molecule has 0 saturated heterocycles. The van der Waals surface area contributed by atoms with E-state index in [9.17, 15) is 20.4 Å². The van der Waals surface area contributed by atoms with E-state index < -0.39 is 0 Å². The fraction of sp³-hybridized carbons (Fsp3) is 0. The van der Waals surface area contributed by atoms with Gasteiger partial charge in [-0.1, -0.05) is 206 Å². The van der Waals surface area contributed by atoms with Crippen molar-refractivity contribution in [1.29, 1.82) is 0 Å². The van der Waals surface area contributed by atoms with Crippen LogP contribution in [0.4, 0.5) is 0 Å². The van der Waals surface area contributed by atoms with E-state index >= 15 is 0 Å². The Labute approximate surface area is 438 Å². The van der Waals surface area contributed by atoms with E-state index in [-0.39, 0.29) is 23.0 Å². The normalized spacial score (nSPS) is 11.6. The minimum atomic E-state index is -0.114. The molecule has 14 aromatic rings. The summed E-state index contributed by atoms with van der Waals surface area (Å²) < 4.78 is 0. The monoisotopic (exact) mass is 974 g/mol. The summed E-state index contributed by atoms with van der Waals surface area (Å²) in [6.07, 6.45) is 0. The zero-order valence-electron chi connectivity index (χ0n) is 41.0. The third-order valence-electron chi connectivity index (χ3n) is 15.4. The predicted molar refractivity (Wildman–Crippen MR) is 316 cm³/mol. The van der Waals surface area contributed by atoms with Crippen LogP contribution in [0.1, 0.15) is 0 Å². The zero-order valence-corrected chi connectivity index (χ0v) is 41.0. The average Bonchev–Trinajstić information content (AvgIpc) is 3.48. The van der Waals surface area contributed by atoms with Crippen LogP contribution in [-0.4, -0.2) is 20.4 Å². The van der Waals surface area contributed by atoms with Gasteiger partial charge in [0.15, 0.2) is 0 Å². The van der Waals surface area contributed by atoms with Gasteiger partial charge >= 0.3 is 0 Å². The number of phenols is 4. The quantitative estimate of drug-likeness (QED) is 0.128. The summed E-state index contributed by atoms with van der Waals surface area (Å²) in [4.78, 5) is 0. The smallest absolute Gasteiger partial charge is 0.132 e. The van der Waals surface area contributed by atoms with Gasteiger partial charge in [-0.05, 0) is 147 Å². The first-order chi connectivity index (χ1) is 37.3. The van der Waals surface area contributed by atoms with Gasteiger partial charge in [-0.2, -0.15) is 0 Å². The Kier molecular flexibility index (Phi) is 10.4. The number of hydrogen-bond donors (Lipinski definition) is 4. The average molecular weight is 975 g/mol. The number of hydrogen-bond acceptors (Lipinski definition) is 4. The minimum Gasteiger partial charge on any atom is -0.507 e. The highest BCUT2D eigenvalue weighted by molar-refractivity contribution is 6.15. The molecule has 358 valence electrons. The van der Waals surface area contributed by atoms with Gasteiger partial charge in [0.05, 0.1) is 0 Å². The maximum absolute atomic E-state index is 13.4. The molecule has 0 aliphatic heterocycles. The Bertz CT molecular complexity index is 4390. The van der Waals surface area contributed by atoms with Crippen molar-refractivity contribution in [1.82, 2.24) is 0 Å². The van der Waals surface area contributed by atoms with Gasteiger partial charge in [0.25, 0.3) is 0 Å².